The summed E-state index contributed by atoms with van der Waals surface area (Å²) in [5.74, 6) is -0.568. The van der Waals surface area contributed by atoms with Crippen molar-refractivity contribution in [3.8, 4) is 39.5 Å². The maximum atomic E-state index is 13.5. The van der Waals surface area contributed by atoms with E-state index in [4.69, 9.17) is 21.1 Å². The molecular weight excluding hydrogens is 464 g/mol. The van der Waals surface area contributed by atoms with Crippen molar-refractivity contribution < 1.29 is 24.5 Å². The van der Waals surface area contributed by atoms with Gasteiger partial charge in [-0.15, -0.1) is 11.3 Å². The highest BCUT2D eigenvalue weighted by Crippen LogP contribution is 2.46. The SMILES string of the molecule is COc1ccc(-c2c(C(=O)c3ccc(Cl)cc3)c(O)c(O)n2-c2nc(C)c(C)s2)cc1OC. The van der Waals surface area contributed by atoms with Crippen LogP contribution in [0.4, 0.5) is 0 Å². The number of aromatic nitrogens is 2. The number of aryl methyl sites for hydroxylation is 2. The first-order valence-electron chi connectivity index (χ1n) is 9.90. The Morgan fingerprint density at radius 1 is 1.03 bits per heavy atom. The molecule has 0 aliphatic heterocycles. The van der Waals surface area contributed by atoms with E-state index in [0.717, 1.165) is 10.6 Å². The average Bonchev–Trinajstić information content (AvgIpc) is 3.28. The van der Waals surface area contributed by atoms with E-state index in [2.05, 4.69) is 4.98 Å². The van der Waals surface area contributed by atoms with Gasteiger partial charge in [-0.3, -0.25) is 9.36 Å². The number of methoxy groups -OCH3 is 2. The highest BCUT2D eigenvalue weighted by atomic mass is 35.5. The third kappa shape index (κ3) is 3.92. The quantitative estimate of drug-likeness (QED) is 0.349. The van der Waals surface area contributed by atoms with Crippen LogP contribution in [-0.4, -0.2) is 39.8 Å². The summed E-state index contributed by atoms with van der Waals surface area (Å²) in [7, 11) is 3.03. The molecule has 0 atom stereocenters. The molecule has 2 N–H and O–H groups in total. The molecule has 0 spiro atoms. The van der Waals surface area contributed by atoms with E-state index < -0.39 is 17.4 Å². The summed E-state index contributed by atoms with van der Waals surface area (Å²) in [4.78, 5) is 19.0. The van der Waals surface area contributed by atoms with Gasteiger partial charge in [-0.2, -0.15) is 0 Å². The Hall–Kier alpha value is -3.49. The molecule has 170 valence electrons. The molecule has 0 bridgehead atoms. The van der Waals surface area contributed by atoms with E-state index in [1.807, 2.05) is 13.8 Å². The standard InChI is InChI=1S/C24H21ClN2O5S/c1-12-13(2)33-24(26-12)27-20(15-7-10-17(31-3)18(11-15)32-4)19(22(29)23(27)30)21(28)14-5-8-16(25)9-6-14/h5-11,29-30H,1-4H3. The van der Waals surface area contributed by atoms with E-state index in [-0.39, 0.29) is 11.3 Å². The summed E-state index contributed by atoms with van der Waals surface area (Å²) in [5, 5.41) is 22.7. The fraction of sp³-hybridized carbons (Fsp3) is 0.167. The molecule has 0 aliphatic carbocycles. The molecule has 0 radical (unpaired) electrons. The second-order valence-corrected chi connectivity index (χ2v) is 8.89. The normalized spacial score (nSPS) is 10.9. The molecule has 0 aliphatic rings. The highest BCUT2D eigenvalue weighted by molar-refractivity contribution is 7.14. The molecule has 4 rings (SSSR count). The second-order valence-electron chi connectivity index (χ2n) is 7.28. The summed E-state index contributed by atoms with van der Waals surface area (Å²) in [5.41, 5.74) is 1.82. The summed E-state index contributed by atoms with van der Waals surface area (Å²) >= 11 is 7.31. The Morgan fingerprint density at radius 3 is 2.27 bits per heavy atom. The largest absolute Gasteiger partial charge is 0.503 e. The molecule has 0 amide bonds. The van der Waals surface area contributed by atoms with Crippen molar-refractivity contribution in [1.29, 1.82) is 0 Å². The van der Waals surface area contributed by atoms with Crippen molar-refractivity contribution in [3.63, 3.8) is 0 Å². The van der Waals surface area contributed by atoms with Crippen LogP contribution < -0.4 is 9.47 Å². The maximum Gasteiger partial charge on any atom is 0.242 e. The molecule has 9 heteroatoms. The number of nitrogens with zero attached hydrogens (tertiary/aromatic N) is 2. The fourth-order valence-electron chi connectivity index (χ4n) is 3.50. The van der Waals surface area contributed by atoms with Crippen LogP contribution in [0.3, 0.4) is 0 Å². The first kappa shape index (κ1) is 22.7. The van der Waals surface area contributed by atoms with Crippen molar-refractivity contribution in [1.82, 2.24) is 9.55 Å². The predicted octanol–water partition coefficient (Wildman–Crippen LogP) is 5.53. The van der Waals surface area contributed by atoms with Gasteiger partial charge in [-0.05, 0) is 56.3 Å². The lowest BCUT2D eigenvalue weighted by Crippen LogP contribution is -2.05. The number of halogens is 1. The monoisotopic (exact) mass is 484 g/mol. The summed E-state index contributed by atoms with van der Waals surface area (Å²) in [6.45, 7) is 3.76. The third-order valence-electron chi connectivity index (χ3n) is 5.32. The van der Waals surface area contributed by atoms with Gasteiger partial charge in [-0.25, -0.2) is 4.98 Å². The Balaban J connectivity index is 2.04. The number of aromatic hydroxyl groups is 2. The Kier molecular flexibility index (Phi) is 6.05. The Morgan fingerprint density at radius 2 is 1.70 bits per heavy atom. The number of hydrogen-bond acceptors (Lipinski definition) is 7. The van der Waals surface area contributed by atoms with Gasteiger partial charge in [-0.1, -0.05) is 11.6 Å². The molecule has 33 heavy (non-hydrogen) atoms. The van der Waals surface area contributed by atoms with Crippen LogP contribution in [0.1, 0.15) is 26.5 Å². The minimum atomic E-state index is -0.537. The molecule has 7 nitrogen and oxygen atoms in total. The zero-order valence-electron chi connectivity index (χ0n) is 18.3. The number of rotatable bonds is 6. The molecule has 4 aromatic rings. The van der Waals surface area contributed by atoms with Crippen molar-refractivity contribution in [2.45, 2.75) is 13.8 Å². The van der Waals surface area contributed by atoms with Crippen LogP contribution in [0.15, 0.2) is 42.5 Å². The molecule has 0 fully saturated rings. The number of carbonyl (C=O) groups excluding carboxylic acids is 1. The minimum absolute atomic E-state index is 0.0625. The van der Waals surface area contributed by atoms with E-state index >= 15 is 0 Å². The van der Waals surface area contributed by atoms with Gasteiger partial charge >= 0.3 is 0 Å². The number of hydrogen-bond donors (Lipinski definition) is 2. The smallest absolute Gasteiger partial charge is 0.242 e. The van der Waals surface area contributed by atoms with Crippen LogP contribution in [0, 0.1) is 13.8 Å². The van der Waals surface area contributed by atoms with Gasteiger partial charge in [0.15, 0.2) is 28.2 Å². The van der Waals surface area contributed by atoms with Crippen LogP contribution in [0.5, 0.6) is 23.1 Å². The summed E-state index contributed by atoms with van der Waals surface area (Å²) in [6.07, 6.45) is 0. The molecule has 2 aromatic carbocycles. The molecular formula is C24H21ClN2O5S. The zero-order chi connectivity index (χ0) is 23.9. The van der Waals surface area contributed by atoms with Gasteiger partial charge in [0.05, 0.1) is 31.2 Å². The van der Waals surface area contributed by atoms with Crippen molar-refractivity contribution in [2.24, 2.45) is 0 Å². The molecule has 0 saturated heterocycles. The van der Waals surface area contributed by atoms with E-state index in [1.54, 1.807) is 42.5 Å². The van der Waals surface area contributed by atoms with Crippen LogP contribution in [0.25, 0.3) is 16.4 Å². The van der Waals surface area contributed by atoms with Crippen molar-refractivity contribution >= 4 is 28.7 Å². The van der Waals surface area contributed by atoms with Gasteiger partial charge in [0.1, 0.15) is 0 Å². The number of thiazole rings is 1. The topological polar surface area (TPSA) is 93.8 Å². The number of ether oxygens (including phenoxy) is 2. The van der Waals surface area contributed by atoms with Gasteiger partial charge in [0.2, 0.25) is 5.88 Å². The zero-order valence-corrected chi connectivity index (χ0v) is 19.9. The Labute approximate surface area is 199 Å². The lowest BCUT2D eigenvalue weighted by molar-refractivity contribution is 0.103. The number of benzene rings is 2. The molecule has 2 heterocycles. The molecule has 2 aromatic heterocycles. The number of carbonyl (C=O) groups is 1. The lowest BCUT2D eigenvalue weighted by Gasteiger charge is -2.13. The summed E-state index contributed by atoms with van der Waals surface area (Å²) < 4.78 is 12.1. The maximum absolute atomic E-state index is 13.5. The van der Waals surface area contributed by atoms with Gasteiger partial charge in [0.25, 0.3) is 0 Å². The van der Waals surface area contributed by atoms with Gasteiger partial charge in [0, 0.05) is 21.0 Å². The predicted molar refractivity (Wildman–Crippen MR) is 128 cm³/mol. The lowest BCUT2D eigenvalue weighted by atomic mass is 9.99. The first-order chi connectivity index (χ1) is 15.8. The van der Waals surface area contributed by atoms with Crippen LogP contribution >= 0.6 is 22.9 Å². The second kappa shape index (κ2) is 8.80. The minimum Gasteiger partial charge on any atom is -0.503 e. The fourth-order valence-corrected chi connectivity index (χ4v) is 4.55. The van der Waals surface area contributed by atoms with Crippen LogP contribution in [0.2, 0.25) is 5.02 Å². The third-order valence-corrected chi connectivity index (χ3v) is 6.63. The van der Waals surface area contributed by atoms with Crippen molar-refractivity contribution in [2.75, 3.05) is 14.2 Å². The Bertz CT molecular complexity index is 1340. The number of ketones is 1. The molecule has 0 unspecified atom stereocenters. The first-order valence-corrected chi connectivity index (χ1v) is 11.1. The molecule has 0 saturated carbocycles. The van der Waals surface area contributed by atoms with E-state index in [1.165, 1.54) is 30.1 Å². The van der Waals surface area contributed by atoms with E-state index in [9.17, 15) is 15.0 Å². The average molecular weight is 485 g/mol. The highest BCUT2D eigenvalue weighted by Gasteiger charge is 2.31. The van der Waals surface area contributed by atoms with Gasteiger partial charge < -0.3 is 19.7 Å². The van der Waals surface area contributed by atoms with E-state index in [0.29, 0.717) is 32.8 Å². The van der Waals surface area contributed by atoms with Crippen LogP contribution in [-0.2, 0) is 0 Å². The van der Waals surface area contributed by atoms with Crippen molar-refractivity contribution in [3.05, 3.63) is 69.2 Å². The summed E-state index contributed by atoms with van der Waals surface area (Å²) in [6, 6.07) is 11.4.